The molecule has 3 aromatic rings. The number of nitrogens with zero attached hydrogens (tertiary/aromatic N) is 3. The second-order valence-corrected chi connectivity index (χ2v) is 6.93. The molecule has 3 heterocycles. The molecule has 0 atom stereocenters. The number of anilines is 2. The van der Waals surface area contributed by atoms with Gasteiger partial charge in [0.2, 0.25) is 0 Å². The van der Waals surface area contributed by atoms with Gasteiger partial charge in [-0.3, -0.25) is 9.20 Å². The van der Waals surface area contributed by atoms with Crippen LogP contribution in [0.5, 0.6) is 0 Å². The van der Waals surface area contributed by atoms with Crippen molar-refractivity contribution in [3.8, 4) is 0 Å². The number of piperidine rings is 1. The van der Waals surface area contributed by atoms with Crippen molar-refractivity contribution >= 4 is 23.1 Å². The Kier molecular flexibility index (Phi) is 4.97. The first kappa shape index (κ1) is 18.0. The van der Waals surface area contributed by atoms with Crippen LogP contribution in [0.2, 0.25) is 0 Å². The van der Waals surface area contributed by atoms with E-state index in [1.54, 1.807) is 42.6 Å². The number of fused-ring (bicyclic) bond motifs is 1. The average Bonchev–Trinajstić information content (AvgIpc) is 2.73. The molecule has 7 heteroatoms. The minimum atomic E-state index is -0.984. The molecular weight excluding hydrogens is 356 g/mol. The van der Waals surface area contributed by atoms with E-state index in [2.05, 4.69) is 10.2 Å². The zero-order valence-electron chi connectivity index (χ0n) is 15.5. The fraction of sp³-hybridized carbons (Fsp3) is 0.286. The highest BCUT2D eigenvalue weighted by Gasteiger charge is 2.15. The summed E-state index contributed by atoms with van der Waals surface area (Å²) in [7, 11) is 0. The van der Waals surface area contributed by atoms with Crippen molar-refractivity contribution in [3.63, 3.8) is 0 Å². The molecule has 0 aliphatic carbocycles. The van der Waals surface area contributed by atoms with Gasteiger partial charge >= 0.3 is 5.97 Å². The van der Waals surface area contributed by atoms with Crippen LogP contribution in [0.4, 0.5) is 11.5 Å². The summed E-state index contributed by atoms with van der Waals surface area (Å²) in [6, 6.07) is 12.1. The number of hydrogen-bond donors (Lipinski definition) is 2. The fourth-order valence-corrected chi connectivity index (χ4v) is 3.61. The van der Waals surface area contributed by atoms with Crippen molar-refractivity contribution in [1.29, 1.82) is 0 Å². The van der Waals surface area contributed by atoms with Gasteiger partial charge in [0.25, 0.3) is 5.56 Å². The van der Waals surface area contributed by atoms with E-state index in [4.69, 9.17) is 4.98 Å². The Morgan fingerprint density at radius 2 is 1.89 bits per heavy atom. The number of pyridine rings is 1. The number of carboxylic acids is 1. The molecule has 0 bridgehead atoms. The maximum atomic E-state index is 12.6. The Morgan fingerprint density at radius 1 is 1.11 bits per heavy atom. The molecule has 0 radical (unpaired) electrons. The summed E-state index contributed by atoms with van der Waals surface area (Å²) in [5.41, 5.74) is 2.06. The summed E-state index contributed by atoms with van der Waals surface area (Å²) in [5, 5.41) is 12.5. The number of carboxylic acid groups (broad SMARTS) is 1. The molecular formula is C21H22N4O3. The van der Waals surface area contributed by atoms with Gasteiger partial charge in [0.1, 0.15) is 11.5 Å². The number of hydrogen-bond acceptors (Lipinski definition) is 5. The van der Waals surface area contributed by atoms with Gasteiger partial charge < -0.3 is 15.3 Å². The number of nitrogens with one attached hydrogen (secondary N) is 1. The van der Waals surface area contributed by atoms with Gasteiger partial charge in [0.15, 0.2) is 0 Å². The molecule has 1 aliphatic rings. The van der Waals surface area contributed by atoms with Crippen LogP contribution in [0.25, 0.3) is 5.65 Å². The lowest BCUT2D eigenvalue weighted by atomic mass is 10.1. The standard InChI is InChI=1S/C21H22N4O3/c26-19-13-18(24-10-4-1-5-11-24)23-20-15(7-6-12-25(19)20)14-22-17-9-3-2-8-16(17)21(27)28/h2-3,6-9,12-13,22H,1,4-5,10-11,14H2,(H,27,28). The normalized spacial score (nSPS) is 14.2. The molecule has 1 saturated heterocycles. The Labute approximate surface area is 162 Å². The lowest BCUT2D eigenvalue weighted by Crippen LogP contribution is -2.32. The maximum absolute atomic E-state index is 12.6. The number of rotatable bonds is 5. The average molecular weight is 378 g/mol. The zero-order chi connectivity index (χ0) is 19.5. The van der Waals surface area contributed by atoms with E-state index in [9.17, 15) is 14.7 Å². The summed E-state index contributed by atoms with van der Waals surface area (Å²) in [6.07, 6.45) is 5.13. The number of para-hydroxylation sites is 1. The van der Waals surface area contributed by atoms with Crippen molar-refractivity contribution in [2.45, 2.75) is 25.8 Å². The van der Waals surface area contributed by atoms with Crippen molar-refractivity contribution in [2.75, 3.05) is 23.3 Å². The molecule has 0 amide bonds. The maximum Gasteiger partial charge on any atom is 0.337 e. The first-order valence-electron chi connectivity index (χ1n) is 9.46. The van der Waals surface area contributed by atoms with Crippen LogP contribution < -0.4 is 15.8 Å². The summed E-state index contributed by atoms with van der Waals surface area (Å²) < 4.78 is 1.54. The topological polar surface area (TPSA) is 86.9 Å². The summed E-state index contributed by atoms with van der Waals surface area (Å²) in [4.78, 5) is 30.9. The van der Waals surface area contributed by atoms with E-state index in [-0.39, 0.29) is 11.1 Å². The summed E-state index contributed by atoms with van der Waals surface area (Å²) in [6.45, 7) is 2.19. The van der Waals surface area contributed by atoms with Gasteiger partial charge in [-0.25, -0.2) is 9.78 Å². The molecule has 0 unspecified atom stereocenters. The lowest BCUT2D eigenvalue weighted by molar-refractivity contribution is 0.0698. The van der Waals surface area contributed by atoms with Crippen LogP contribution in [0.3, 0.4) is 0 Å². The highest BCUT2D eigenvalue weighted by Crippen LogP contribution is 2.20. The van der Waals surface area contributed by atoms with Gasteiger partial charge in [-0.05, 0) is 37.5 Å². The van der Waals surface area contributed by atoms with Crippen molar-refractivity contribution in [2.24, 2.45) is 0 Å². The lowest BCUT2D eigenvalue weighted by Gasteiger charge is -2.27. The van der Waals surface area contributed by atoms with Crippen LogP contribution >= 0.6 is 0 Å². The SMILES string of the molecule is O=C(O)c1ccccc1NCc1cccn2c(=O)cc(N3CCCCC3)nc12. The van der Waals surface area contributed by atoms with Crippen LogP contribution in [0.15, 0.2) is 53.5 Å². The van der Waals surface area contributed by atoms with Crippen LogP contribution in [-0.4, -0.2) is 33.6 Å². The molecule has 1 fully saturated rings. The number of carbonyl (C=O) groups is 1. The van der Waals surface area contributed by atoms with E-state index in [1.165, 1.54) is 10.8 Å². The summed E-state index contributed by atoms with van der Waals surface area (Å²) >= 11 is 0. The first-order valence-corrected chi connectivity index (χ1v) is 9.46. The molecule has 0 saturated carbocycles. The molecule has 0 spiro atoms. The van der Waals surface area contributed by atoms with E-state index in [1.807, 2.05) is 6.07 Å². The Balaban J connectivity index is 1.68. The van der Waals surface area contributed by atoms with Crippen molar-refractivity contribution < 1.29 is 9.90 Å². The van der Waals surface area contributed by atoms with Gasteiger partial charge in [0.05, 0.1) is 5.56 Å². The first-order chi connectivity index (χ1) is 13.6. The quantitative estimate of drug-likeness (QED) is 0.710. The molecule has 4 rings (SSSR count). The smallest absolute Gasteiger partial charge is 0.337 e. The highest BCUT2D eigenvalue weighted by molar-refractivity contribution is 5.94. The van der Waals surface area contributed by atoms with Gasteiger partial charge in [-0.1, -0.05) is 18.2 Å². The number of benzene rings is 1. The Hall–Kier alpha value is -3.35. The summed E-state index contributed by atoms with van der Waals surface area (Å²) in [5.74, 6) is -0.272. The molecule has 7 nitrogen and oxygen atoms in total. The minimum absolute atomic E-state index is 0.113. The van der Waals surface area contributed by atoms with Crippen LogP contribution in [0, 0.1) is 0 Å². The fourth-order valence-electron chi connectivity index (χ4n) is 3.61. The zero-order valence-corrected chi connectivity index (χ0v) is 15.5. The van der Waals surface area contributed by atoms with Gasteiger partial charge in [-0.2, -0.15) is 0 Å². The highest BCUT2D eigenvalue weighted by atomic mass is 16.4. The van der Waals surface area contributed by atoms with Crippen LogP contribution in [0.1, 0.15) is 35.2 Å². The Bertz CT molecular complexity index is 1070. The molecule has 1 aromatic carbocycles. The third kappa shape index (κ3) is 3.55. The largest absolute Gasteiger partial charge is 0.478 e. The number of aromatic carboxylic acids is 1. The van der Waals surface area contributed by atoms with E-state index < -0.39 is 5.97 Å². The molecule has 144 valence electrons. The van der Waals surface area contributed by atoms with Gasteiger partial charge in [-0.15, -0.1) is 0 Å². The predicted octanol–water partition coefficient (Wildman–Crippen LogP) is 3.00. The van der Waals surface area contributed by atoms with Crippen molar-refractivity contribution in [3.05, 3.63) is 70.1 Å². The third-order valence-electron chi connectivity index (χ3n) is 5.07. The second-order valence-electron chi connectivity index (χ2n) is 6.93. The third-order valence-corrected chi connectivity index (χ3v) is 5.07. The monoisotopic (exact) mass is 378 g/mol. The molecule has 28 heavy (non-hydrogen) atoms. The molecule has 2 N–H and O–H groups in total. The van der Waals surface area contributed by atoms with E-state index >= 15 is 0 Å². The second kappa shape index (κ2) is 7.72. The van der Waals surface area contributed by atoms with Crippen molar-refractivity contribution in [1.82, 2.24) is 9.38 Å². The number of aromatic nitrogens is 2. The Morgan fingerprint density at radius 3 is 2.68 bits per heavy atom. The molecule has 2 aromatic heterocycles. The van der Waals surface area contributed by atoms with E-state index in [0.717, 1.165) is 31.5 Å². The van der Waals surface area contributed by atoms with E-state index in [0.29, 0.717) is 23.7 Å². The van der Waals surface area contributed by atoms with Gasteiger partial charge in [0, 0.05) is 43.1 Å². The van der Waals surface area contributed by atoms with Crippen LogP contribution in [-0.2, 0) is 6.54 Å². The molecule has 1 aliphatic heterocycles. The minimum Gasteiger partial charge on any atom is -0.478 e. The predicted molar refractivity (Wildman–Crippen MR) is 108 cm³/mol.